The van der Waals surface area contributed by atoms with Crippen LogP contribution in [0.1, 0.15) is 35.6 Å². The van der Waals surface area contributed by atoms with Crippen molar-refractivity contribution in [3.05, 3.63) is 187 Å². The number of nitrogens with zero attached hydrogens (tertiary/aromatic N) is 7. The predicted molar refractivity (Wildman–Crippen MR) is 302 cm³/mol. The average molecular weight is 1020 g/mol. The van der Waals surface area contributed by atoms with Crippen LogP contribution in [0.25, 0.3) is 113 Å². The van der Waals surface area contributed by atoms with Crippen molar-refractivity contribution < 1.29 is 27.8 Å². The zero-order chi connectivity index (χ0) is 51.9. The monoisotopic (exact) mass is 1020 g/mol. The molecule has 8 bridgehead atoms. The molecule has 2 aliphatic rings. The first-order valence-electron chi connectivity index (χ1n) is 25.3. The first-order valence-corrected chi connectivity index (χ1v) is 25.7. The summed E-state index contributed by atoms with van der Waals surface area (Å²) in [5.41, 5.74) is 17.3. The van der Waals surface area contributed by atoms with Crippen molar-refractivity contribution in [3.63, 3.8) is 0 Å². The second-order valence-corrected chi connectivity index (χ2v) is 19.6. The zero-order valence-electron chi connectivity index (χ0n) is 42.5. The molecule has 0 unspecified atom stereocenters. The summed E-state index contributed by atoms with van der Waals surface area (Å²) in [4.78, 5) is 37.1. The van der Waals surface area contributed by atoms with E-state index in [0.717, 1.165) is 135 Å². The van der Waals surface area contributed by atoms with E-state index in [1.807, 2.05) is 95.8 Å². The number of fused-ring (bicyclic) bond motifs is 10. The van der Waals surface area contributed by atoms with Crippen molar-refractivity contribution in [2.75, 3.05) is 25.5 Å². The number of benzene rings is 2. The van der Waals surface area contributed by atoms with Crippen LogP contribution in [0.2, 0.25) is 5.02 Å². The van der Waals surface area contributed by atoms with Crippen molar-refractivity contribution >= 4 is 91.5 Å². The first-order chi connectivity index (χ1) is 37.1. The standard InChI is InChI=1S/C62H52ClN11O2/c1-71-29-19-39(20-30-71)57-48-11-13-50(67-48)58(40-21-31-72(2)32-22-40)52-15-17-54(69-52)60(55-18-16-53(70-55)59(51-14-12-49(57)68-51)41-23-33-73(3)34-24-41)42-25-35-74(36-26-42)62(75)65-28-6-5-27-64-61-45-9-7-43(63)37-56(45)66-47-10-8-44(76-4)38-46(47)61/h7-26,29-38H,5-6,27-28H2,1-4H3,(H2-,64,65,66,67,68,69,70,75)/q+2/p+2. The molecular weight excluding hydrogens is 966 g/mol. The van der Waals surface area contributed by atoms with Gasteiger partial charge >= 0.3 is 6.03 Å². The summed E-state index contributed by atoms with van der Waals surface area (Å²) in [6.45, 7) is 1.20. The fourth-order valence-electron chi connectivity index (χ4n) is 10.1. The van der Waals surface area contributed by atoms with Crippen LogP contribution in [0.5, 0.6) is 5.75 Å². The molecule has 2 aromatic carbocycles. The molecule has 2 aliphatic heterocycles. The van der Waals surface area contributed by atoms with Crippen LogP contribution >= 0.6 is 11.6 Å². The maximum atomic E-state index is 13.7. The molecule has 10 aromatic rings. The number of rotatable bonds is 11. The van der Waals surface area contributed by atoms with Crippen LogP contribution in [0.4, 0.5) is 10.5 Å². The van der Waals surface area contributed by atoms with Gasteiger partial charge in [-0.25, -0.2) is 34.0 Å². The topological polar surface area (TPSA) is 136 Å². The number of anilines is 1. The van der Waals surface area contributed by atoms with E-state index < -0.39 is 0 Å². The fourth-order valence-corrected chi connectivity index (χ4v) is 10.3. The first kappa shape index (κ1) is 47.7. The summed E-state index contributed by atoms with van der Waals surface area (Å²) < 4.78 is 13.2. The Balaban J connectivity index is 0.904. The van der Waals surface area contributed by atoms with E-state index in [1.54, 1.807) is 11.7 Å². The number of hydrogen-bond acceptors (Lipinski definition) is 6. The van der Waals surface area contributed by atoms with Crippen LogP contribution in [0.3, 0.4) is 0 Å². The number of nitrogens with one attached hydrogen (secondary N) is 4. The number of aromatic amines is 2. The second kappa shape index (κ2) is 20.2. The summed E-state index contributed by atoms with van der Waals surface area (Å²) in [6.07, 6.45) is 26.0. The molecule has 4 N–H and O–H groups in total. The van der Waals surface area contributed by atoms with Gasteiger partial charge in [0.05, 0.1) is 65.5 Å². The van der Waals surface area contributed by atoms with Gasteiger partial charge in [-0.3, -0.25) is 0 Å². The molecule has 12 rings (SSSR count). The summed E-state index contributed by atoms with van der Waals surface area (Å²) in [5, 5.41) is 9.35. The summed E-state index contributed by atoms with van der Waals surface area (Å²) >= 11 is 6.36. The number of amides is 1. The lowest BCUT2D eigenvalue weighted by Gasteiger charge is -2.14. The Bertz CT molecular complexity index is 4100. The summed E-state index contributed by atoms with van der Waals surface area (Å²) in [7, 11) is 7.72. The number of carbonyl (C=O) groups excluding carboxylic acids is 1. The highest BCUT2D eigenvalue weighted by molar-refractivity contribution is 6.31. The minimum absolute atomic E-state index is 0.215. The Kier molecular flexibility index (Phi) is 12.7. The van der Waals surface area contributed by atoms with E-state index in [1.165, 1.54) is 0 Å². The van der Waals surface area contributed by atoms with Gasteiger partial charge in [0.2, 0.25) is 0 Å². The molecule has 13 nitrogen and oxygen atoms in total. The second-order valence-electron chi connectivity index (χ2n) is 19.2. The van der Waals surface area contributed by atoms with Gasteiger partial charge in [-0.05, 0) is 132 Å². The molecule has 0 spiro atoms. The quantitative estimate of drug-likeness (QED) is 0.0579. The maximum Gasteiger partial charge on any atom is 0.495 e. The van der Waals surface area contributed by atoms with Gasteiger partial charge in [-0.1, -0.05) is 11.6 Å². The molecule has 0 aliphatic carbocycles. The third-order valence-corrected chi connectivity index (χ3v) is 14.3. The number of methoxy groups -OCH3 is 1. The normalized spacial score (nSPS) is 11.9. The van der Waals surface area contributed by atoms with Gasteiger partial charge in [-0.2, -0.15) is 9.36 Å². The molecule has 0 saturated carbocycles. The number of H-pyrrole nitrogens is 2. The Morgan fingerprint density at radius 3 is 1.42 bits per heavy atom. The van der Waals surface area contributed by atoms with Crippen LogP contribution in [0, 0.1) is 0 Å². The molecule has 0 radical (unpaired) electrons. The van der Waals surface area contributed by atoms with Gasteiger partial charge in [-0.15, -0.1) is 0 Å². The van der Waals surface area contributed by atoms with Crippen molar-refractivity contribution in [2.45, 2.75) is 12.8 Å². The van der Waals surface area contributed by atoms with E-state index >= 15 is 0 Å². The number of carbonyl (C=O) groups is 1. The minimum atomic E-state index is -0.215. The van der Waals surface area contributed by atoms with Gasteiger partial charge in [0, 0.05) is 103 Å². The number of unbranched alkanes of at least 4 members (excludes halogenated alkanes) is 1. The highest BCUT2D eigenvalue weighted by Gasteiger charge is 2.21. The molecule has 10 heterocycles. The van der Waals surface area contributed by atoms with E-state index in [9.17, 15) is 4.79 Å². The van der Waals surface area contributed by atoms with Crippen LogP contribution in [0.15, 0.2) is 159 Å². The van der Waals surface area contributed by atoms with Gasteiger partial charge in [0.25, 0.3) is 0 Å². The van der Waals surface area contributed by atoms with Gasteiger partial charge in [0.1, 0.15) is 26.9 Å². The molecule has 372 valence electrons. The number of aromatic nitrogens is 9. The Morgan fingerprint density at radius 1 is 0.513 bits per heavy atom. The lowest BCUT2D eigenvalue weighted by atomic mass is 10.0. The number of aryl methyl sites for hydroxylation is 3. The molecule has 0 fully saturated rings. The van der Waals surface area contributed by atoms with Gasteiger partial charge < -0.3 is 20.0 Å². The number of pyridine rings is 5. The smallest absolute Gasteiger partial charge is 0.495 e. The zero-order valence-corrected chi connectivity index (χ0v) is 43.2. The predicted octanol–water partition coefficient (Wildman–Crippen LogP) is 10.9. The molecule has 0 atom stereocenters. The Labute approximate surface area is 443 Å². The van der Waals surface area contributed by atoms with E-state index in [0.29, 0.717) is 18.1 Å². The van der Waals surface area contributed by atoms with Crippen molar-refractivity contribution in [1.82, 2.24) is 30.2 Å². The Hall–Kier alpha value is -9.33. The van der Waals surface area contributed by atoms with Crippen molar-refractivity contribution in [1.29, 1.82) is 0 Å². The van der Waals surface area contributed by atoms with E-state index in [2.05, 4.69) is 143 Å². The highest BCUT2D eigenvalue weighted by atomic mass is 35.5. The highest BCUT2D eigenvalue weighted by Crippen LogP contribution is 2.39. The van der Waals surface area contributed by atoms with Crippen LogP contribution in [-0.2, 0) is 21.1 Å². The summed E-state index contributed by atoms with van der Waals surface area (Å²) in [6, 6.07) is 36.6. The molecule has 76 heavy (non-hydrogen) atoms. The lowest BCUT2D eigenvalue weighted by molar-refractivity contribution is -0.671. The SMILES string of the molecule is COc1ccc2nc3cc(Cl)ccc3c(NCCCCNC(=O)[n+]3ccc(-c4c5nc(c(-c6cc[n+](C)cc6)c6ccc([nH]6)c(-c6cc[n+](C)cc6)c6nc(c(-c7cc[n+](C)cc7)c7ccc4[nH]7)C=C6)C=C5)cc3)c2c1. The molecule has 8 aromatic heterocycles. The molecular formula is C62H54ClN11O2+4. The fraction of sp³-hybridized carbons (Fsp3) is 0.129. The number of ether oxygens (including phenoxy) is 1. The lowest BCUT2D eigenvalue weighted by Crippen LogP contribution is -2.49. The molecule has 0 saturated heterocycles. The average Bonchev–Trinajstić information content (AvgIpc) is 4.30. The minimum Gasteiger partial charge on any atom is -0.497 e. The molecule has 14 heteroatoms. The maximum absolute atomic E-state index is 13.7. The number of halogens is 1. The Morgan fingerprint density at radius 2 is 0.961 bits per heavy atom. The van der Waals surface area contributed by atoms with E-state index in [-0.39, 0.29) is 6.03 Å². The van der Waals surface area contributed by atoms with Crippen molar-refractivity contribution in [3.8, 4) is 50.3 Å². The van der Waals surface area contributed by atoms with Crippen LogP contribution in [-0.4, -0.2) is 51.2 Å². The van der Waals surface area contributed by atoms with Crippen molar-refractivity contribution in [2.24, 2.45) is 21.1 Å². The third kappa shape index (κ3) is 9.33. The van der Waals surface area contributed by atoms with Crippen LogP contribution < -0.4 is 33.6 Å². The van der Waals surface area contributed by atoms with E-state index in [4.69, 9.17) is 31.3 Å². The third-order valence-electron chi connectivity index (χ3n) is 14.0. The largest absolute Gasteiger partial charge is 0.497 e. The summed E-state index contributed by atoms with van der Waals surface area (Å²) in [5.74, 6) is 0.758. The number of hydrogen-bond donors (Lipinski definition) is 4. The van der Waals surface area contributed by atoms with Gasteiger partial charge in [0.15, 0.2) is 37.2 Å². The molecule has 1 amide bonds.